The van der Waals surface area contributed by atoms with Gasteiger partial charge in [-0.05, 0) is 30.5 Å². The Bertz CT molecular complexity index is 906. The summed E-state index contributed by atoms with van der Waals surface area (Å²) < 4.78 is 0. The van der Waals surface area contributed by atoms with Crippen LogP contribution in [0, 0.1) is 5.92 Å². The Morgan fingerprint density at radius 1 is 0.886 bits per heavy atom. The van der Waals surface area contributed by atoms with Crippen molar-refractivity contribution in [3.8, 4) is 5.75 Å². The molecule has 0 aromatic heterocycles. The molecule has 0 unspecified atom stereocenters. The number of carboxylic acid groups (broad SMARTS) is 1. The number of amides is 4. The lowest BCUT2D eigenvalue weighted by Gasteiger charge is -2.27. The van der Waals surface area contributed by atoms with Crippen LogP contribution in [0.3, 0.4) is 0 Å². The highest BCUT2D eigenvalue weighted by molar-refractivity contribution is 5.95. The summed E-state index contributed by atoms with van der Waals surface area (Å²) >= 11 is 0. The van der Waals surface area contributed by atoms with Crippen LogP contribution in [0.4, 0.5) is 0 Å². The number of phenols is 1. The highest BCUT2D eigenvalue weighted by Crippen LogP contribution is 2.12. The number of rotatable bonds is 13. The molecule has 0 aliphatic rings. The number of carboxylic acids is 1. The molecule has 13 nitrogen and oxygen atoms in total. The van der Waals surface area contributed by atoms with E-state index in [2.05, 4.69) is 21.3 Å². The Balaban J connectivity index is 3.05. The van der Waals surface area contributed by atoms with Crippen LogP contribution in [0.25, 0.3) is 0 Å². The molecule has 35 heavy (non-hydrogen) atoms. The maximum absolute atomic E-state index is 13.0. The van der Waals surface area contributed by atoms with E-state index in [9.17, 15) is 29.1 Å². The molecule has 4 atom stereocenters. The van der Waals surface area contributed by atoms with Crippen molar-refractivity contribution in [3.05, 3.63) is 29.8 Å². The minimum absolute atomic E-state index is 0.00492. The molecule has 4 amide bonds. The molecule has 0 spiro atoms. The second-order valence-corrected chi connectivity index (χ2v) is 8.29. The molecule has 0 heterocycles. The molecule has 1 aromatic carbocycles. The van der Waals surface area contributed by atoms with E-state index in [4.69, 9.17) is 15.9 Å². The standard InChI is InChI=1S/C22H33N5O8/c1-11(2)18(27-20(33)15(23)10-28)22(35)26-16(8-13-4-6-14(29)7-5-13)21(34)25-12(3)19(32)24-9-17(30)31/h4-7,11-12,15-16,18,28-29H,8-10,23H2,1-3H3,(H,24,32)(H,25,34)(H,26,35)(H,27,33)(H,30,31)/t12-,15-,16-,18-/m0/s1. The number of aromatic hydroxyl groups is 1. The average Bonchev–Trinajstić information content (AvgIpc) is 2.80. The van der Waals surface area contributed by atoms with Gasteiger partial charge in [-0.1, -0.05) is 26.0 Å². The van der Waals surface area contributed by atoms with Gasteiger partial charge in [0.25, 0.3) is 0 Å². The van der Waals surface area contributed by atoms with Crippen LogP contribution in [0.5, 0.6) is 5.75 Å². The molecule has 0 aliphatic heterocycles. The second-order valence-electron chi connectivity index (χ2n) is 8.29. The van der Waals surface area contributed by atoms with Crippen molar-refractivity contribution in [1.82, 2.24) is 21.3 Å². The number of phenolic OH excluding ortho intramolecular Hbond substituents is 1. The van der Waals surface area contributed by atoms with Crippen LogP contribution in [-0.2, 0) is 30.4 Å². The van der Waals surface area contributed by atoms with Crippen LogP contribution in [0.2, 0.25) is 0 Å². The van der Waals surface area contributed by atoms with E-state index in [0.29, 0.717) is 5.56 Å². The van der Waals surface area contributed by atoms with Crippen LogP contribution >= 0.6 is 0 Å². The largest absolute Gasteiger partial charge is 0.508 e. The minimum atomic E-state index is -1.25. The number of hydrogen-bond acceptors (Lipinski definition) is 8. The van der Waals surface area contributed by atoms with Crippen molar-refractivity contribution in [1.29, 1.82) is 0 Å². The third-order valence-electron chi connectivity index (χ3n) is 4.96. The molecule has 13 heteroatoms. The molecule has 0 fully saturated rings. The van der Waals surface area contributed by atoms with E-state index >= 15 is 0 Å². The molecule has 1 aromatic rings. The summed E-state index contributed by atoms with van der Waals surface area (Å²) in [5, 5.41) is 36.8. The van der Waals surface area contributed by atoms with Gasteiger partial charge in [-0.15, -0.1) is 0 Å². The number of aliphatic hydroxyl groups is 1. The predicted molar refractivity (Wildman–Crippen MR) is 124 cm³/mol. The first-order valence-electron chi connectivity index (χ1n) is 10.9. The topological polar surface area (TPSA) is 220 Å². The van der Waals surface area contributed by atoms with Gasteiger partial charge in [0.2, 0.25) is 23.6 Å². The highest BCUT2D eigenvalue weighted by Gasteiger charge is 2.31. The van der Waals surface area contributed by atoms with E-state index in [1.807, 2.05) is 0 Å². The van der Waals surface area contributed by atoms with E-state index in [0.717, 1.165) is 0 Å². The van der Waals surface area contributed by atoms with Gasteiger partial charge < -0.3 is 42.3 Å². The lowest BCUT2D eigenvalue weighted by molar-refractivity contribution is -0.138. The van der Waals surface area contributed by atoms with E-state index in [1.54, 1.807) is 26.0 Å². The summed E-state index contributed by atoms with van der Waals surface area (Å²) in [4.78, 5) is 60.7. The Morgan fingerprint density at radius 3 is 2.00 bits per heavy atom. The fraction of sp³-hybridized carbons (Fsp3) is 0.500. The van der Waals surface area contributed by atoms with E-state index in [-0.39, 0.29) is 12.2 Å². The summed E-state index contributed by atoms with van der Waals surface area (Å²) in [6.07, 6.45) is -0.0176. The summed E-state index contributed by atoms with van der Waals surface area (Å²) in [6, 6.07) is 1.30. The van der Waals surface area contributed by atoms with Crippen molar-refractivity contribution >= 4 is 29.6 Å². The third kappa shape index (κ3) is 9.98. The third-order valence-corrected chi connectivity index (χ3v) is 4.96. The molecule has 194 valence electrons. The van der Waals surface area contributed by atoms with Gasteiger partial charge in [0, 0.05) is 6.42 Å². The summed E-state index contributed by atoms with van der Waals surface area (Å²) in [7, 11) is 0. The molecule has 0 aliphatic carbocycles. The number of nitrogens with one attached hydrogen (secondary N) is 4. The van der Waals surface area contributed by atoms with Crippen molar-refractivity contribution in [2.45, 2.75) is 51.4 Å². The molecule has 0 radical (unpaired) electrons. The maximum Gasteiger partial charge on any atom is 0.322 e. The number of benzene rings is 1. The van der Waals surface area contributed by atoms with Gasteiger partial charge in [0.1, 0.15) is 36.5 Å². The summed E-state index contributed by atoms with van der Waals surface area (Å²) in [6.45, 7) is 3.43. The number of hydrogen-bond donors (Lipinski definition) is 8. The normalized spacial score (nSPS) is 14.2. The minimum Gasteiger partial charge on any atom is -0.508 e. The average molecular weight is 496 g/mol. The number of nitrogens with two attached hydrogens (primary N) is 1. The predicted octanol–water partition coefficient (Wildman–Crippen LogP) is -2.41. The van der Waals surface area contributed by atoms with Gasteiger partial charge in [0.05, 0.1) is 6.61 Å². The molecule has 1 rings (SSSR count). The summed E-state index contributed by atoms with van der Waals surface area (Å²) in [5.74, 6) is -4.55. The fourth-order valence-corrected chi connectivity index (χ4v) is 2.91. The quantitative estimate of drug-likeness (QED) is 0.146. The lowest BCUT2D eigenvalue weighted by atomic mass is 10.0. The highest BCUT2D eigenvalue weighted by atomic mass is 16.4. The van der Waals surface area contributed by atoms with Gasteiger partial charge >= 0.3 is 5.97 Å². The Morgan fingerprint density at radius 2 is 1.49 bits per heavy atom. The number of aliphatic hydroxyl groups excluding tert-OH is 1. The van der Waals surface area contributed by atoms with Crippen LogP contribution in [0.1, 0.15) is 26.3 Å². The first-order valence-corrected chi connectivity index (χ1v) is 10.9. The zero-order valence-corrected chi connectivity index (χ0v) is 19.8. The first kappa shape index (κ1) is 29.3. The maximum atomic E-state index is 13.0. The first-order chi connectivity index (χ1) is 16.3. The zero-order valence-electron chi connectivity index (χ0n) is 19.8. The van der Waals surface area contributed by atoms with Gasteiger partial charge in [0.15, 0.2) is 0 Å². The van der Waals surface area contributed by atoms with Crippen LogP contribution in [-0.4, -0.2) is 82.2 Å². The fourth-order valence-electron chi connectivity index (χ4n) is 2.91. The number of carbonyl (C=O) groups is 5. The molecular formula is C22H33N5O8. The SMILES string of the molecule is CC(C)[C@H](NC(=O)[C@@H](N)CO)C(=O)N[C@@H](Cc1ccc(O)cc1)C(=O)N[C@@H](C)C(=O)NCC(=O)O. The molecule has 0 bridgehead atoms. The van der Waals surface area contributed by atoms with Crippen molar-refractivity contribution in [2.24, 2.45) is 11.7 Å². The van der Waals surface area contributed by atoms with E-state index in [1.165, 1.54) is 19.1 Å². The monoisotopic (exact) mass is 495 g/mol. The Labute approximate surface area is 202 Å². The Kier molecular flexibility index (Phi) is 11.6. The van der Waals surface area contributed by atoms with Crippen molar-refractivity contribution < 1.29 is 39.3 Å². The summed E-state index contributed by atoms with van der Waals surface area (Å²) in [5.41, 5.74) is 6.08. The second kappa shape index (κ2) is 13.9. The van der Waals surface area contributed by atoms with Gasteiger partial charge in [-0.25, -0.2) is 0 Å². The molecule has 0 saturated heterocycles. The number of aliphatic carboxylic acids is 1. The smallest absolute Gasteiger partial charge is 0.322 e. The Hall–Kier alpha value is -3.71. The van der Waals surface area contributed by atoms with Crippen LogP contribution in [0.15, 0.2) is 24.3 Å². The lowest BCUT2D eigenvalue weighted by Crippen LogP contribution is -2.59. The molecule has 9 N–H and O–H groups in total. The number of carbonyl (C=O) groups excluding carboxylic acids is 4. The zero-order chi connectivity index (χ0) is 26.7. The van der Waals surface area contributed by atoms with E-state index < -0.39 is 72.8 Å². The van der Waals surface area contributed by atoms with Crippen molar-refractivity contribution in [2.75, 3.05) is 13.2 Å². The van der Waals surface area contributed by atoms with Gasteiger partial charge in [-0.3, -0.25) is 24.0 Å². The molecular weight excluding hydrogens is 462 g/mol. The van der Waals surface area contributed by atoms with Gasteiger partial charge in [-0.2, -0.15) is 0 Å². The molecule has 0 saturated carbocycles. The van der Waals surface area contributed by atoms with Crippen LogP contribution < -0.4 is 27.0 Å². The van der Waals surface area contributed by atoms with Crippen molar-refractivity contribution in [3.63, 3.8) is 0 Å².